The van der Waals surface area contributed by atoms with Crippen LogP contribution in [0.4, 0.5) is 5.69 Å². The summed E-state index contributed by atoms with van der Waals surface area (Å²) >= 11 is 3.50. The number of carbonyl (C=O) groups excluding carboxylic acids is 1. The van der Waals surface area contributed by atoms with Crippen molar-refractivity contribution in [1.29, 1.82) is 0 Å². The first-order valence-corrected chi connectivity index (χ1v) is 8.87. The summed E-state index contributed by atoms with van der Waals surface area (Å²) < 4.78 is 11.4. The van der Waals surface area contributed by atoms with Gasteiger partial charge in [0.15, 0.2) is 6.04 Å². The zero-order valence-corrected chi connectivity index (χ0v) is 16.5. The van der Waals surface area contributed by atoms with E-state index in [1.54, 1.807) is 14.2 Å². The quantitative estimate of drug-likeness (QED) is 0.740. The van der Waals surface area contributed by atoms with Gasteiger partial charge in [-0.25, -0.2) is 0 Å². The molecule has 5 nitrogen and oxygen atoms in total. The van der Waals surface area contributed by atoms with Crippen LogP contribution in [0.15, 0.2) is 46.9 Å². The molecule has 0 spiro atoms. The number of anilines is 1. The third-order valence-corrected chi connectivity index (χ3v) is 4.68. The molecule has 2 aromatic carbocycles. The van der Waals surface area contributed by atoms with E-state index in [4.69, 9.17) is 9.47 Å². The number of para-hydroxylation sites is 2. The summed E-state index contributed by atoms with van der Waals surface area (Å²) in [5.41, 5.74) is 1.79. The van der Waals surface area contributed by atoms with Crippen molar-refractivity contribution >= 4 is 27.5 Å². The Bertz CT molecular complexity index is 736. The molecule has 134 valence electrons. The number of nitrogens with two attached hydrogens (primary N) is 1. The number of ether oxygens (including phenoxy) is 2. The SMILES string of the molecule is COc1ccc([C@H](C)[NH2+][C@H](C)C(=O)Nc2ccccc2OC)cc1Br. The van der Waals surface area contributed by atoms with Crippen molar-refractivity contribution in [2.45, 2.75) is 25.9 Å². The Balaban J connectivity index is 2.01. The van der Waals surface area contributed by atoms with Crippen molar-refractivity contribution in [3.8, 4) is 11.5 Å². The van der Waals surface area contributed by atoms with Gasteiger partial charge in [0.2, 0.25) is 0 Å². The maximum atomic E-state index is 12.5. The van der Waals surface area contributed by atoms with Crippen molar-refractivity contribution in [3.63, 3.8) is 0 Å². The lowest BCUT2D eigenvalue weighted by Gasteiger charge is -2.18. The molecule has 0 unspecified atom stereocenters. The van der Waals surface area contributed by atoms with Crippen LogP contribution < -0.4 is 20.1 Å². The first kappa shape index (κ1) is 19.3. The minimum Gasteiger partial charge on any atom is -0.496 e. The zero-order chi connectivity index (χ0) is 18.4. The molecule has 1 amide bonds. The number of halogens is 1. The van der Waals surface area contributed by atoms with Crippen LogP contribution >= 0.6 is 15.9 Å². The van der Waals surface area contributed by atoms with Crippen LogP contribution in [0.1, 0.15) is 25.5 Å². The Morgan fingerprint density at radius 3 is 2.40 bits per heavy atom. The molecule has 3 N–H and O–H groups in total. The number of hydrogen-bond acceptors (Lipinski definition) is 3. The molecule has 0 fully saturated rings. The monoisotopic (exact) mass is 407 g/mol. The molecule has 2 rings (SSSR count). The maximum absolute atomic E-state index is 12.5. The van der Waals surface area contributed by atoms with E-state index in [-0.39, 0.29) is 18.0 Å². The van der Waals surface area contributed by atoms with E-state index in [0.29, 0.717) is 11.4 Å². The lowest BCUT2D eigenvalue weighted by molar-refractivity contribution is -0.709. The van der Waals surface area contributed by atoms with E-state index in [1.807, 2.05) is 54.7 Å². The van der Waals surface area contributed by atoms with Crippen LogP contribution in [-0.2, 0) is 4.79 Å². The summed E-state index contributed by atoms with van der Waals surface area (Å²) in [5, 5.41) is 4.95. The highest BCUT2D eigenvalue weighted by Crippen LogP contribution is 2.27. The largest absolute Gasteiger partial charge is 0.496 e. The molecule has 2 atom stereocenters. The molecule has 0 saturated carbocycles. The van der Waals surface area contributed by atoms with E-state index in [1.165, 1.54) is 0 Å². The average molecular weight is 408 g/mol. The van der Waals surface area contributed by atoms with E-state index in [2.05, 4.69) is 28.2 Å². The lowest BCUT2D eigenvalue weighted by atomic mass is 10.1. The van der Waals surface area contributed by atoms with Crippen molar-refractivity contribution < 1.29 is 19.6 Å². The van der Waals surface area contributed by atoms with E-state index >= 15 is 0 Å². The minimum atomic E-state index is -0.249. The molecule has 0 bridgehead atoms. The Morgan fingerprint density at radius 1 is 1.08 bits per heavy atom. The summed E-state index contributed by atoms with van der Waals surface area (Å²) in [6.45, 7) is 3.96. The first-order valence-electron chi connectivity index (χ1n) is 8.08. The van der Waals surface area contributed by atoms with E-state index in [0.717, 1.165) is 15.8 Å². The fourth-order valence-corrected chi connectivity index (χ4v) is 3.15. The van der Waals surface area contributed by atoms with Crippen LogP contribution in [0.25, 0.3) is 0 Å². The van der Waals surface area contributed by atoms with Gasteiger partial charge in [-0.15, -0.1) is 0 Å². The topological polar surface area (TPSA) is 64.2 Å². The lowest BCUT2D eigenvalue weighted by Crippen LogP contribution is -2.91. The summed E-state index contributed by atoms with van der Waals surface area (Å²) in [6.07, 6.45) is 0. The Morgan fingerprint density at radius 2 is 1.76 bits per heavy atom. The summed E-state index contributed by atoms with van der Waals surface area (Å²) in [7, 11) is 3.23. The van der Waals surface area contributed by atoms with Gasteiger partial charge in [0.05, 0.1) is 24.4 Å². The third-order valence-electron chi connectivity index (χ3n) is 4.06. The molecular weight excluding hydrogens is 384 g/mol. The van der Waals surface area contributed by atoms with Crippen molar-refractivity contribution in [1.82, 2.24) is 0 Å². The molecule has 0 heterocycles. The second-order valence-electron chi connectivity index (χ2n) is 5.85. The van der Waals surface area contributed by atoms with Crippen molar-refractivity contribution in [3.05, 3.63) is 52.5 Å². The number of quaternary nitrogens is 1. The molecular formula is C19H24BrN2O3+. The van der Waals surface area contributed by atoms with Gasteiger partial charge in [-0.05, 0) is 60.1 Å². The fourth-order valence-electron chi connectivity index (χ4n) is 2.59. The Labute approximate surface area is 156 Å². The van der Waals surface area contributed by atoms with Crippen LogP contribution in [0, 0.1) is 0 Å². The molecule has 2 aromatic rings. The predicted octanol–water partition coefficient (Wildman–Crippen LogP) is 3.12. The van der Waals surface area contributed by atoms with Crippen molar-refractivity contribution in [2.24, 2.45) is 0 Å². The fraction of sp³-hybridized carbons (Fsp3) is 0.316. The van der Waals surface area contributed by atoms with Gasteiger partial charge in [0.1, 0.15) is 17.5 Å². The number of benzene rings is 2. The summed E-state index contributed by atoms with van der Waals surface area (Å²) in [4.78, 5) is 12.5. The highest BCUT2D eigenvalue weighted by molar-refractivity contribution is 9.10. The third kappa shape index (κ3) is 4.96. The van der Waals surface area contributed by atoms with Gasteiger partial charge in [-0.3, -0.25) is 4.79 Å². The first-order chi connectivity index (χ1) is 12.0. The molecule has 0 aliphatic heterocycles. The molecule has 6 heteroatoms. The molecule has 0 aromatic heterocycles. The number of carbonyl (C=O) groups is 1. The standard InChI is InChI=1S/C19H23BrN2O3/c1-12(14-9-10-17(24-3)15(20)11-14)21-13(2)19(23)22-16-7-5-6-8-18(16)25-4/h5-13,21H,1-4H3,(H,22,23)/p+1/t12-,13+/m0/s1. The highest BCUT2D eigenvalue weighted by atomic mass is 79.9. The van der Waals surface area contributed by atoms with Crippen LogP contribution in [0.2, 0.25) is 0 Å². The predicted molar refractivity (Wildman–Crippen MR) is 102 cm³/mol. The molecule has 0 aliphatic carbocycles. The Hall–Kier alpha value is -2.05. The summed E-state index contributed by atoms with van der Waals surface area (Å²) in [5.74, 6) is 1.37. The van der Waals surface area contributed by atoms with Gasteiger partial charge in [-0.1, -0.05) is 12.1 Å². The Kier molecular flexibility index (Phi) is 6.84. The average Bonchev–Trinajstić information content (AvgIpc) is 2.61. The molecule has 25 heavy (non-hydrogen) atoms. The van der Waals surface area contributed by atoms with Gasteiger partial charge in [0.25, 0.3) is 5.91 Å². The second kappa shape index (κ2) is 8.87. The van der Waals surface area contributed by atoms with Crippen LogP contribution in [0.3, 0.4) is 0 Å². The van der Waals surface area contributed by atoms with Crippen LogP contribution in [0.5, 0.6) is 11.5 Å². The van der Waals surface area contributed by atoms with Crippen LogP contribution in [-0.4, -0.2) is 26.2 Å². The zero-order valence-electron chi connectivity index (χ0n) is 14.9. The maximum Gasteiger partial charge on any atom is 0.282 e. The van der Waals surface area contributed by atoms with E-state index in [9.17, 15) is 4.79 Å². The van der Waals surface area contributed by atoms with Gasteiger partial charge < -0.3 is 20.1 Å². The highest BCUT2D eigenvalue weighted by Gasteiger charge is 2.21. The molecule has 0 saturated heterocycles. The number of hydrogen-bond donors (Lipinski definition) is 2. The molecule has 0 aliphatic rings. The smallest absolute Gasteiger partial charge is 0.282 e. The van der Waals surface area contributed by atoms with Gasteiger partial charge >= 0.3 is 0 Å². The second-order valence-corrected chi connectivity index (χ2v) is 6.71. The van der Waals surface area contributed by atoms with E-state index < -0.39 is 0 Å². The van der Waals surface area contributed by atoms with Gasteiger partial charge in [-0.2, -0.15) is 0 Å². The van der Waals surface area contributed by atoms with Gasteiger partial charge in [0, 0.05) is 5.56 Å². The minimum absolute atomic E-state index is 0.0658. The van der Waals surface area contributed by atoms with Crippen molar-refractivity contribution in [2.75, 3.05) is 19.5 Å². The number of rotatable bonds is 7. The number of amides is 1. The molecule has 0 radical (unpaired) electrons. The normalized spacial score (nSPS) is 13.0. The number of nitrogens with one attached hydrogen (secondary N) is 1. The number of methoxy groups -OCH3 is 2. The summed E-state index contributed by atoms with van der Waals surface area (Å²) in [6, 6.07) is 13.2.